The zero-order valence-corrected chi connectivity index (χ0v) is 27.4. The molecule has 4 aliphatic heterocycles. The number of piperidine rings is 2. The van der Waals surface area contributed by atoms with Crippen molar-refractivity contribution >= 4 is 28.5 Å². The molecule has 3 fully saturated rings. The van der Waals surface area contributed by atoms with Gasteiger partial charge in [-0.25, -0.2) is 0 Å². The second-order valence-corrected chi connectivity index (χ2v) is 13.7. The number of methoxy groups -OCH3 is 1. The van der Waals surface area contributed by atoms with Crippen LogP contribution in [0, 0.1) is 5.92 Å². The van der Waals surface area contributed by atoms with Gasteiger partial charge in [0.2, 0.25) is 11.8 Å². The first-order chi connectivity index (χ1) is 23.5. The van der Waals surface area contributed by atoms with Crippen molar-refractivity contribution < 1.29 is 37.0 Å². The number of fused-ring (bicyclic) bond motifs is 2. The maximum absolute atomic E-state index is 13.1. The summed E-state index contributed by atoms with van der Waals surface area (Å²) in [5, 5.41) is 4.43. The van der Waals surface area contributed by atoms with Gasteiger partial charge in [-0.05, 0) is 85.1 Å². The number of carbonyl (C=O) groups is 3. The molecule has 3 aromatic rings. The third kappa shape index (κ3) is 7.43. The number of likely N-dealkylation sites (tertiary alicyclic amines) is 2. The summed E-state index contributed by atoms with van der Waals surface area (Å²) >= 11 is 0. The first kappa shape index (κ1) is 33.4. The number of pyridine rings is 1. The molecule has 7 rings (SSSR count). The van der Waals surface area contributed by atoms with Crippen LogP contribution in [0.2, 0.25) is 0 Å². The topological polar surface area (TPSA) is 104 Å². The molecule has 260 valence electrons. The van der Waals surface area contributed by atoms with E-state index in [2.05, 4.69) is 34.5 Å². The number of halogens is 3. The molecule has 10 nitrogen and oxygen atoms in total. The van der Waals surface area contributed by atoms with E-state index in [0.29, 0.717) is 63.4 Å². The van der Waals surface area contributed by atoms with Crippen molar-refractivity contribution in [3.05, 3.63) is 71.0 Å². The minimum Gasteiger partial charge on any atom is -0.489 e. The zero-order valence-electron chi connectivity index (χ0n) is 27.4. The molecule has 3 amide bonds. The lowest BCUT2D eigenvalue weighted by molar-refractivity contribution is -0.148. The predicted octanol–water partition coefficient (Wildman–Crippen LogP) is 4.26. The Morgan fingerprint density at radius 1 is 0.959 bits per heavy atom. The average molecular weight is 680 g/mol. The van der Waals surface area contributed by atoms with Gasteiger partial charge in [0.1, 0.15) is 17.9 Å². The van der Waals surface area contributed by atoms with Crippen molar-refractivity contribution in [1.29, 1.82) is 0 Å². The molecule has 2 aromatic carbocycles. The second-order valence-electron chi connectivity index (χ2n) is 13.7. The summed E-state index contributed by atoms with van der Waals surface area (Å²) in [6, 6.07) is 13.1. The van der Waals surface area contributed by atoms with E-state index in [0.717, 1.165) is 34.1 Å². The van der Waals surface area contributed by atoms with Crippen LogP contribution in [0.3, 0.4) is 0 Å². The highest BCUT2D eigenvalue weighted by atomic mass is 19.4. The molecule has 0 saturated carbocycles. The molecule has 13 heteroatoms. The Labute approximate surface area is 282 Å². The SMILES string of the molecule is COC[C@@H]1CN(Cc2cc3ccc(C4CCN(CC(F)(F)F)CC4)cc3cn2)C[C@H]1Oc1ccc2c(c1)CN([C@H]1CCC(=O)NC1=O)C2=O. The molecule has 1 N–H and O–H groups in total. The van der Waals surface area contributed by atoms with Crippen molar-refractivity contribution in [2.75, 3.05) is 46.4 Å². The summed E-state index contributed by atoms with van der Waals surface area (Å²) in [4.78, 5) is 47.2. The number of hydrogen-bond acceptors (Lipinski definition) is 8. The highest BCUT2D eigenvalue weighted by Gasteiger charge is 2.40. The van der Waals surface area contributed by atoms with Gasteiger partial charge >= 0.3 is 6.18 Å². The molecular weight excluding hydrogens is 639 g/mol. The van der Waals surface area contributed by atoms with Gasteiger partial charge in [-0.2, -0.15) is 13.2 Å². The number of alkyl halides is 3. The van der Waals surface area contributed by atoms with Crippen LogP contribution in [0.4, 0.5) is 13.2 Å². The minimum atomic E-state index is -4.16. The number of carbonyl (C=O) groups excluding carboxylic acids is 3. The average Bonchev–Trinajstić information content (AvgIpc) is 3.59. The highest BCUT2D eigenvalue weighted by molar-refractivity contribution is 6.05. The molecule has 5 heterocycles. The quantitative estimate of drug-likeness (QED) is 0.335. The molecule has 0 spiro atoms. The first-order valence-electron chi connectivity index (χ1n) is 16.9. The van der Waals surface area contributed by atoms with Crippen LogP contribution in [0.15, 0.2) is 48.7 Å². The van der Waals surface area contributed by atoms with E-state index in [4.69, 9.17) is 14.5 Å². The van der Waals surface area contributed by atoms with Crippen molar-refractivity contribution in [3.63, 3.8) is 0 Å². The lowest BCUT2D eigenvalue weighted by Crippen LogP contribution is -2.52. The van der Waals surface area contributed by atoms with Gasteiger partial charge < -0.3 is 14.4 Å². The third-order valence-electron chi connectivity index (χ3n) is 10.3. The molecule has 0 unspecified atom stereocenters. The van der Waals surface area contributed by atoms with Crippen molar-refractivity contribution in [3.8, 4) is 5.75 Å². The Balaban J connectivity index is 0.973. The summed E-state index contributed by atoms with van der Waals surface area (Å²) < 4.78 is 50.4. The van der Waals surface area contributed by atoms with E-state index in [9.17, 15) is 27.6 Å². The van der Waals surface area contributed by atoms with Crippen molar-refractivity contribution in [2.24, 2.45) is 5.92 Å². The van der Waals surface area contributed by atoms with Gasteiger partial charge in [-0.15, -0.1) is 0 Å². The maximum atomic E-state index is 13.1. The van der Waals surface area contributed by atoms with Gasteiger partial charge in [0.25, 0.3) is 5.91 Å². The van der Waals surface area contributed by atoms with Gasteiger partial charge in [-0.1, -0.05) is 12.1 Å². The molecule has 49 heavy (non-hydrogen) atoms. The number of nitrogens with zero attached hydrogens (tertiary/aromatic N) is 4. The lowest BCUT2D eigenvalue weighted by atomic mass is 9.88. The van der Waals surface area contributed by atoms with Crippen LogP contribution >= 0.6 is 0 Å². The number of rotatable bonds is 9. The lowest BCUT2D eigenvalue weighted by Gasteiger charge is -2.32. The number of nitrogens with one attached hydrogen (secondary N) is 1. The zero-order chi connectivity index (χ0) is 34.3. The van der Waals surface area contributed by atoms with Crippen LogP contribution in [0.1, 0.15) is 58.8 Å². The number of imide groups is 1. The van der Waals surface area contributed by atoms with Gasteiger partial charge in [0.15, 0.2) is 0 Å². The first-order valence-corrected chi connectivity index (χ1v) is 16.9. The minimum absolute atomic E-state index is 0.116. The number of ether oxygens (including phenoxy) is 2. The molecule has 3 saturated heterocycles. The fourth-order valence-electron chi connectivity index (χ4n) is 7.82. The molecule has 0 bridgehead atoms. The van der Waals surface area contributed by atoms with Crippen LogP contribution in [0.5, 0.6) is 5.75 Å². The van der Waals surface area contributed by atoms with E-state index in [1.807, 2.05) is 12.3 Å². The number of aromatic nitrogens is 1. The fraction of sp³-hybridized carbons (Fsp3) is 0.500. The maximum Gasteiger partial charge on any atom is 0.401 e. The largest absolute Gasteiger partial charge is 0.489 e. The summed E-state index contributed by atoms with van der Waals surface area (Å²) in [7, 11) is 1.68. The number of hydrogen-bond donors (Lipinski definition) is 1. The monoisotopic (exact) mass is 679 g/mol. The van der Waals surface area contributed by atoms with Crippen LogP contribution in [-0.2, 0) is 27.4 Å². The van der Waals surface area contributed by atoms with E-state index in [1.54, 1.807) is 19.2 Å². The second kappa shape index (κ2) is 13.7. The third-order valence-corrected chi connectivity index (χ3v) is 10.3. The molecule has 0 aliphatic carbocycles. The summed E-state index contributed by atoms with van der Waals surface area (Å²) in [5.41, 5.74) is 3.41. The van der Waals surface area contributed by atoms with Gasteiger partial charge in [-0.3, -0.25) is 34.5 Å². The molecule has 3 atom stereocenters. The van der Waals surface area contributed by atoms with Crippen LogP contribution in [0.25, 0.3) is 10.8 Å². The molecule has 4 aliphatic rings. The van der Waals surface area contributed by atoms with Crippen molar-refractivity contribution in [1.82, 2.24) is 25.0 Å². The summed E-state index contributed by atoms with van der Waals surface area (Å²) in [5.74, 6) is 0.0345. The number of amides is 3. The van der Waals surface area contributed by atoms with E-state index in [1.165, 1.54) is 9.80 Å². The Hall–Kier alpha value is -4.07. The van der Waals surface area contributed by atoms with Gasteiger partial charge in [0.05, 0.1) is 18.8 Å². The Kier molecular flexibility index (Phi) is 9.33. The smallest absolute Gasteiger partial charge is 0.401 e. The summed E-state index contributed by atoms with van der Waals surface area (Å²) in [6.07, 6.45) is -0.494. The van der Waals surface area contributed by atoms with E-state index >= 15 is 0 Å². The summed E-state index contributed by atoms with van der Waals surface area (Å²) in [6.45, 7) is 2.91. The molecule has 1 aromatic heterocycles. The van der Waals surface area contributed by atoms with E-state index in [-0.39, 0.29) is 42.7 Å². The highest BCUT2D eigenvalue weighted by Crippen LogP contribution is 2.34. The number of benzene rings is 2. The molecule has 0 radical (unpaired) electrons. The van der Waals surface area contributed by atoms with Crippen LogP contribution in [-0.4, -0.2) is 102 Å². The Morgan fingerprint density at radius 2 is 1.78 bits per heavy atom. The Morgan fingerprint density at radius 3 is 2.53 bits per heavy atom. The van der Waals surface area contributed by atoms with E-state index < -0.39 is 24.7 Å². The predicted molar refractivity (Wildman–Crippen MR) is 174 cm³/mol. The standard InChI is InChI=1S/C36H40F3N5O5/c1-48-20-27-16-43(18-28-13-24-3-2-23(12-25(24)15-40-28)22-8-10-42(11-9-22)21-36(37,38)39)19-32(27)49-29-4-5-30-26(14-29)17-44(35(30)47)31-6-7-33(45)41-34(31)46/h2-5,12-15,22,27,31-32H,6-11,16-21H2,1H3,(H,41,45,46)/t27-,31-,32+/m0/s1. The van der Waals surface area contributed by atoms with Crippen molar-refractivity contribution in [2.45, 2.75) is 63.0 Å². The fourth-order valence-corrected chi connectivity index (χ4v) is 7.82. The molecular formula is C36H40F3N5O5. The Bertz CT molecular complexity index is 1740. The normalized spacial score (nSPS) is 24.1. The van der Waals surface area contributed by atoms with Crippen LogP contribution < -0.4 is 10.1 Å². The van der Waals surface area contributed by atoms with Gasteiger partial charge in [0, 0.05) is 62.8 Å².